The summed E-state index contributed by atoms with van der Waals surface area (Å²) in [7, 11) is 0. The lowest BCUT2D eigenvalue weighted by Crippen LogP contribution is -2.72. The van der Waals surface area contributed by atoms with Crippen LogP contribution in [-0.2, 0) is 14.4 Å². The fraction of sp³-hybridized carbons (Fsp3) is 0.848. The van der Waals surface area contributed by atoms with Gasteiger partial charge in [-0.05, 0) is 52.9 Å². The quantitative estimate of drug-likeness (QED) is 0.0584. The monoisotopic (exact) mass is 567 g/mol. The van der Waals surface area contributed by atoms with Gasteiger partial charge >= 0.3 is 11.9 Å². The normalized spacial score (nSPS) is 15.5. The number of unbranched alkanes of at least 4 members (excludes halogenated alkanes) is 18. The largest absolute Gasteiger partial charge is 0.544 e. The zero-order valence-corrected chi connectivity index (χ0v) is 26.2. The first kappa shape index (κ1) is 38.1. The standard InChI is InChI=1S/C33H61NO6/c1-5-6-7-8-9-10-11-12-13-14-15-16-17-18-19-20-21-22-23-24-25-26-27-34(28(2)31(35)36,29(3)32(37)38)30(4)33(39)40/h6-7,28-30H,5,8-27H2,1-4H3,(H2-,35,36,37,38,39,40)/b7-6+. The first-order valence-electron chi connectivity index (χ1n) is 16.3. The van der Waals surface area contributed by atoms with Crippen LogP contribution in [-0.4, -0.2) is 57.3 Å². The Balaban J connectivity index is 3.94. The summed E-state index contributed by atoms with van der Waals surface area (Å²) in [6.45, 7) is 6.54. The van der Waals surface area contributed by atoms with Gasteiger partial charge in [0.2, 0.25) is 0 Å². The van der Waals surface area contributed by atoms with Crippen LogP contribution in [0.2, 0.25) is 0 Å². The van der Waals surface area contributed by atoms with E-state index in [9.17, 15) is 29.7 Å². The van der Waals surface area contributed by atoms with Gasteiger partial charge in [-0.25, -0.2) is 9.59 Å². The number of allylic oxidation sites excluding steroid dienone is 2. The molecule has 0 heterocycles. The maximum Gasteiger partial charge on any atom is 0.362 e. The van der Waals surface area contributed by atoms with Gasteiger partial charge in [-0.1, -0.05) is 115 Å². The van der Waals surface area contributed by atoms with Crippen LogP contribution in [0.4, 0.5) is 0 Å². The highest BCUT2D eigenvalue weighted by Gasteiger charge is 2.50. The number of carboxylic acids is 3. The molecule has 0 aliphatic carbocycles. The molecule has 3 unspecified atom stereocenters. The van der Waals surface area contributed by atoms with Gasteiger partial charge in [0.1, 0.15) is 6.04 Å². The number of carbonyl (C=O) groups is 3. The van der Waals surface area contributed by atoms with Crippen molar-refractivity contribution in [2.75, 3.05) is 6.54 Å². The molecule has 234 valence electrons. The zero-order chi connectivity index (χ0) is 30.2. The molecule has 7 heteroatoms. The maximum absolute atomic E-state index is 11.8. The predicted octanol–water partition coefficient (Wildman–Crippen LogP) is 7.27. The second-order valence-corrected chi connectivity index (χ2v) is 11.8. The summed E-state index contributed by atoms with van der Waals surface area (Å²) in [4.78, 5) is 35.3. The molecule has 0 aromatic heterocycles. The first-order chi connectivity index (χ1) is 19.1. The van der Waals surface area contributed by atoms with E-state index in [4.69, 9.17) is 0 Å². The molecule has 0 aromatic carbocycles. The topological polar surface area (TPSA) is 115 Å². The summed E-state index contributed by atoms with van der Waals surface area (Å²) in [6.07, 6.45) is 29.1. The van der Waals surface area contributed by atoms with E-state index in [0.717, 1.165) is 25.7 Å². The van der Waals surface area contributed by atoms with Crippen molar-refractivity contribution in [1.29, 1.82) is 0 Å². The molecule has 3 atom stereocenters. The average Bonchev–Trinajstić information content (AvgIpc) is 2.92. The lowest BCUT2D eigenvalue weighted by Gasteiger charge is -2.49. The fourth-order valence-electron chi connectivity index (χ4n) is 5.96. The number of hydrogen-bond acceptors (Lipinski definition) is 4. The van der Waals surface area contributed by atoms with E-state index in [-0.39, 0.29) is 6.54 Å². The van der Waals surface area contributed by atoms with Crippen LogP contribution in [0.3, 0.4) is 0 Å². The molecular weight excluding hydrogens is 506 g/mol. The zero-order valence-electron chi connectivity index (χ0n) is 26.2. The fourth-order valence-corrected chi connectivity index (χ4v) is 5.96. The van der Waals surface area contributed by atoms with Crippen LogP contribution in [0.1, 0.15) is 156 Å². The summed E-state index contributed by atoms with van der Waals surface area (Å²) >= 11 is 0. The summed E-state index contributed by atoms with van der Waals surface area (Å²) in [5.41, 5.74) is 0. The lowest BCUT2D eigenvalue weighted by molar-refractivity contribution is -0.969. The van der Waals surface area contributed by atoms with Gasteiger partial charge in [0.25, 0.3) is 0 Å². The van der Waals surface area contributed by atoms with Gasteiger partial charge in [-0.15, -0.1) is 0 Å². The molecule has 2 N–H and O–H groups in total. The van der Waals surface area contributed by atoms with Gasteiger partial charge in [0, 0.05) is 0 Å². The minimum absolute atomic E-state index is 0.188. The number of quaternary nitrogens is 1. The third-order valence-corrected chi connectivity index (χ3v) is 8.79. The van der Waals surface area contributed by atoms with E-state index in [1.807, 2.05) is 0 Å². The molecule has 40 heavy (non-hydrogen) atoms. The number of nitrogens with zero attached hydrogens (tertiary/aromatic N) is 1. The molecule has 0 aromatic rings. The van der Waals surface area contributed by atoms with Gasteiger partial charge < -0.3 is 20.1 Å². The highest BCUT2D eigenvalue weighted by atomic mass is 16.4. The van der Waals surface area contributed by atoms with E-state index in [2.05, 4.69) is 19.1 Å². The molecule has 7 nitrogen and oxygen atoms in total. The van der Waals surface area contributed by atoms with Crippen LogP contribution >= 0.6 is 0 Å². The Morgan fingerprint density at radius 1 is 0.575 bits per heavy atom. The molecular formula is C33H61NO6. The summed E-state index contributed by atoms with van der Waals surface area (Å²) < 4.78 is -0.538. The van der Waals surface area contributed by atoms with Crippen molar-refractivity contribution in [2.45, 2.75) is 174 Å². The SMILES string of the molecule is CC/C=C/CCCCCCCCCCCCCCCCCCCC[N+](C(C)C(=O)[O-])(C(C)C(=O)O)C(C)C(=O)O. The minimum atomic E-state index is -1.42. The Morgan fingerprint density at radius 2 is 0.900 bits per heavy atom. The smallest absolute Gasteiger partial charge is 0.362 e. The molecule has 0 aliphatic rings. The number of carbonyl (C=O) groups excluding carboxylic acids is 1. The number of rotatable bonds is 28. The second-order valence-electron chi connectivity index (χ2n) is 11.8. The molecule has 0 saturated carbocycles. The third-order valence-electron chi connectivity index (χ3n) is 8.79. The van der Waals surface area contributed by atoms with Crippen LogP contribution in [0.25, 0.3) is 0 Å². The minimum Gasteiger partial charge on any atom is -0.544 e. The van der Waals surface area contributed by atoms with Crippen LogP contribution in [0.5, 0.6) is 0 Å². The Morgan fingerprint density at radius 3 is 1.20 bits per heavy atom. The maximum atomic E-state index is 11.8. The van der Waals surface area contributed by atoms with E-state index in [1.165, 1.54) is 117 Å². The molecule has 0 amide bonds. The van der Waals surface area contributed by atoms with Crippen molar-refractivity contribution in [3.8, 4) is 0 Å². The summed E-state index contributed by atoms with van der Waals surface area (Å²) in [5.74, 6) is -3.81. The Kier molecular flexibility index (Phi) is 22.7. The Hall–Kier alpha value is -1.89. The van der Waals surface area contributed by atoms with Crippen LogP contribution in [0, 0.1) is 0 Å². The average molecular weight is 568 g/mol. The highest BCUT2D eigenvalue weighted by molar-refractivity contribution is 5.76. The predicted molar refractivity (Wildman–Crippen MR) is 161 cm³/mol. The van der Waals surface area contributed by atoms with Gasteiger partial charge in [0.15, 0.2) is 12.1 Å². The van der Waals surface area contributed by atoms with Crippen LogP contribution in [0.15, 0.2) is 12.2 Å². The Labute approximate surface area is 245 Å². The summed E-state index contributed by atoms with van der Waals surface area (Å²) in [5, 5.41) is 31.0. The van der Waals surface area contributed by atoms with E-state index < -0.39 is 40.5 Å². The van der Waals surface area contributed by atoms with Crippen molar-refractivity contribution < 1.29 is 34.2 Å². The second kappa shape index (κ2) is 23.8. The van der Waals surface area contributed by atoms with Gasteiger partial charge in [-0.3, -0.25) is 4.48 Å². The third kappa shape index (κ3) is 15.8. The van der Waals surface area contributed by atoms with E-state index in [1.54, 1.807) is 0 Å². The number of carboxylic acid groups (broad SMARTS) is 3. The molecule has 0 aliphatic heterocycles. The first-order valence-corrected chi connectivity index (χ1v) is 16.3. The number of hydrogen-bond donors (Lipinski definition) is 2. The molecule has 0 rings (SSSR count). The van der Waals surface area contributed by atoms with Crippen molar-refractivity contribution in [1.82, 2.24) is 0 Å². The van der Waals surface area contributed by atoms with Crippen molar-refractivity contribution >= 4 is 17.9 Å². The van der Waals surface area contributed by atoms with E-state index in [0.29, 0.717) is 6.42 Å². The lowest BCUT2D eigenvalue weighted by atomic mass is 9.99. The molecule has 0 radical (unpaired) electrons. The Bertz CT molecular complexity index is 657. The van der Waals surface area contributed by atoms with Gasteiger partial charge in [-0.2, -0.15) is 0 Å². The summed E-state index contributed by atoms with van der Waals surface area (Å²) in [6, 6.07) is -3.55. The highest BCUT2D eigenvalue weighted by Crippen LogP contribution is 2.27. The van der Waals surface area contributed by atoms with Gasteiger partial charge in [0.05, 0.1) is 12.5 Å². The van der Waals surface area contributed by atoms with Crippen molar-refractivity contribution in [2.24, 2.45) is 0 Å². The van der Waals surface area contributed by atoms with E-state index >= 15 is 0 Å². The number of aliphatic carboxylic acids is 3. The molecule has 0 saturated heterocycles. The molecule has 0 spiro atoms. The molecule has 0 bridgehead atoms. The van der Waals surface area contributed by atoms with Crippen molar-refractivity contribution in [3.05, 3.63) is 12.2 Å². The van der Waals surface area contributed by atoms with Crippen LogP contribution < -0.4 is 5.11 Å². The molecule has 0 fully saturated rings. The van der Waals surface area contributed by atoms with Crippen molar-refractivity contribution in [3.63, 3.8) is 0 Å².